The van der Waals surface area contributed by atoms with Gasteiger partial charge in [-0.3, -0.25) is 4.40 Å². The normalized spacial score (nSPS) is 11.4. The summed E-state index contributed by atoms with van der Waals surface area (Å²) in [6, 6.07) is 54.2. The third-order valence-electron chi connectivity index (χ3n) is 8.66. The lowest BCUT2D eigenvalue weighted by molar-refractivity contribution is 1.18. The predicted molar refractivity (Wildman–Crippen MR) is 191 cm³/mol. The van der Waals surface area contributed by atoms with Crippen LogP contribution in [0.25, 0.3) is 83.9 Å². The standard InChI is InChI=1S/C42H27N5/c1-3-11-30(12-4-1)36-27-37(31-13-5-2-6-14-31)44-41(43-36)33-24-20-29(21-25-33)28-18-22-32(23-19-28)39-34-15-7-8-16-35(34)40-42(46-39)47-26-10-9-17-38(47)45-40/h1-27H. The van der Waals surface area contributed by atoms with Crippen molar-refractivity contribution in [3.63, 3.8) is 0 Å². The number of imidazole rings is 1. The zero-order chi connectivity index (χ0) is 31.2. The van der Waals surface area contributed by atoms with Crippen LogP contribution in [0.15, 0.2) is 164 Å². The fourth-order valence-electron chi connectivity index (χ4n) is 6.27. The molecule has 4 aromatic heterocycles. The van der Waals surface area contributed by atoms with Crippen LogP contribution in [-0.2, 0) is 0 Å². The van der Waals surface area contributed by atoms with Crippen molar-refractivity contribution in [3.8, 4) is 56.3 Å². The average Bonchev–Trinajstić information content (AvgIpc) is 3.54. The maximum absolute atomic E-state index is 5.15. The SMILES string of the molecule is c1ccc(-c2cc(-c3ccccc3)nc(-c3ccc(-c4ccc(-c5nc6c(nc7ccccn76)c6ccccc56)cc4)cc3)n2)cc1. The van der Waals surface area contributed by atoms with Crippen molar-refractivity contribution in [2.75, 3.05) is 0 Å². The Hall–Kier alpha value is -6.46. The lowest BCUT2D eigenvalue weighted by Gasteiger charge is -2.11. The second-order valence-corrected chi connectivity index (χ2v) is 11.6. The molecule has 0 aliphatic heterocycles. The molecule has 0 unspecified atom stereocenters. The van der Waals surface area contributed by atoms with Crippen LogP contribution in [0.4, 0.5) is 0 Å². The summed E-state index contributed by atoms with van der Waals surface area (Å²) in [5.74, 6) is 0.702. The van der Waals surface area contributed by atoms with Crippen molar-refractivity contribution < 1.29 is 0 Å². The monoisotopic (exact) mass is 601 g/mol. The van der Waals surface area contributed by atoms with Crippen LogP contribution < -0.4 is 0 Å². The molecular formula is C42H27N5. The second-order valence-electron chi connectivity index (χ2n) is 11.6. The number of hydrogen-bond acceptors (Lipinski definition) is 4. The Kier molecular flexibility index (Phi) is 6.39. The molecule has 9 aromatic rings. The van der Waals surface area contributed by atoms with E-state index in [1.165, 1.54) is 0 Å². The van der Waals surface area contributed by atoms with Crippen LogP contribution in [0.3, 0.4) is 0 Å². The molecule has 0 spiro atoms. The first-order chi connectivity index (χ1) is 23.3. The van der Waals surface area contributed by atoms with Gasteiger partial charge in [-0.2, -0.15) is 0 Å². The van der Waals surface area contributed by atoms with Gasteiger partial charge in [0.15, 0.2) is 11.5 Å². The average molecular weight is 602 g/mol. The van der Waals surface area contributed by atoms with Crippen LogP contribution in [0.1, 0.15) is 0 Å². The molecule has 5 heteroatoms. The maximum atomic E-state index is 5.15. The molecule has 4 heterocycles. The fraction of sp³-hybridized carbons (Fsp3) is 0. The minimum atomic E-state index is 0.702. The van der Waals surface area contributed by atoms with Crippen molar-refractivity contribution in [1.82, 2.24) is 24.3 Å². The Balaban J connectivity index is 1.07. The van der Waals surface area contributed by atoms with E-state index in [4.69, 9.17) is 19.9 Å². The summed E-state index contributed by atoms with van der Waals surface area (Å²) in [5.41, 5.74) is 11.8. The number of rotatable bonds is 5. The van der Waals surface area contributed by atoms with Crippen molar-refractivity contribution in [2.45, 2.75) is 0 Å². The smallest absolute Gasteiger partial charge is 0.165 e. The molecule has 0 fully saturated rings. The van der Waals surface area contributed by atoms with Crippen LogP contribution in [0, 0.1) is 0 Å². The Bertz CT molecular complexity index is 2480. The van der Waals surface area contributed by atoms with Gasteiger partial charge in [0, 0.05) is 39.2 Å². The highest BCUT2D eigenvalue weighted by Gasteiger charge is 2.15. The molecule has 0 saturated heterocycles. The number of pyridine rings is 2. The molecule has 9 rings (SSSR count). The minimum Gasteiger partial charge on any atom is -0.284 e. The van der Waals surface area contributed by atoms with Crippen LogP contribution >= 0.6 is 0 Å². The van der Waals surface area contributed by atoms with Gasteiger partial charge in [0.05, 0.1) is 17.1 Å². The lowest BCUT2D eigenvalue weighted by atomic mass is 9.99. The Morgan fingerprint density at radius 3 is 1.55 bits per heavy atom. The highest BCUT2D eigenvalue weighted by molar-refractivity contribution is 6.09. The van der Waals surface area contributed by atoms with Crippen molar-refractivity contribution in [1.29, 1.82) is 0 Å². The Labute approximate surface area is 271 Å². The van der Waals surface area contributed by atoms with Gasteiger partial charge in [-0.25, -0.2) is 19.9 Å². The molecule has 47 heavy (non-hydrogen) atoms. The van der Waals surface area contributed by atoms with Crippen LogP contribution in [0.2, 0.25) is 0 Å². The molecule has 0 N–H and O–H groups in total. The predicted octanol–water partition coefficient (Wildman–Crippen LogP) is 10.2. The van der Waals surface area contributed by atoms with Crippen molar-refractivity contribution in [3.05, 3.63) is 164 Å². The van der Waals surface area contributed by atoms with E-state index in [0.717, 1.165) is 78.0 Å². The van der Waals surface area contributed by atoms with Gasteiger partial charge in [-0.15, -0.1) is 0 Å². The first-order valence-corrected chi connectivity index (χ1v) is 15.7. The Morgan fingerprint density at radius 1 is 0.383 bits per heavy atom. The summed E-state index contributed by atoms with van der Waals surface area (Å²) in [5, 5.41) is 2.19. The summed E-state index contributed by atoms with van der Waals surface area (Å²) < 4.78 is 2.06. The summed E-state index contributed by atoms with van der Waals surface area (Å²) >= 11 is 0. The van der Waals surface area contributed by atoms with Gasteiger partial charge in [0.2, 0.25) is 0 Å². The van der Waals surface area contributed by atoms with Gasteiger partial charge in [-0.05, 0) is 29.3 Å². The third kappa shape index (κ3) is 4.82. The van der Waals surface area contributed by atoms with Gasteiger partial charge >= 0.3 is 0 Å². The number of nitrogens with zero attached hydrogens (tertiary/aromatic N) is 5. The molecule has 0 radical (unpaired) electrons. The van der Waals surface area contributed by atoms with E-state index in [1.54, 1.807) is 0 Å². The molecule has 0 aliphatic carbocycles. The number of fused-ring (bicyclic) bond motifs is 5. The molecule has 0 saturated carbocycles. The quantitative estimate of drug-likeness (QED) is 0.197. The summed E-state index contributed by atoms with van der Waals surface area (Å²) in [4.78, 5) is 20.0. The number of benzene rings is 5. The van der Waals surface area contributed by atoms with Gasteiger partial charge in [0.25, 0.3) is 0 Å². The zero-order valence-corrected chi connectivity index (χ0v) is 25.3. The first-order valence-electron chi connectivity index (χ1n) is 15.7. The van der Waals surface area contributed by atoms with Crippen molar-refractivity contribution >= 4 is 27.6 Å². The van der Waals surface area contributed by atoms with Crippen LogP contribution in [0.5, 0.6) is 0 Å². The van der Waals surface area contributed by atoms with Crippen LogP contribution in [-0.4, -0.2) is 24.3 Å². The second kappa shape index (κ2) is 11.2. The van der Waals surface area contributed by atoms with Crippen molar-refractivity contribution in [2.24, 2.45) is 0 Å². The topological polar surface area (TPSA) is 56.0 Å². The zero-order valence-electron chi connectivity index (χ0n) is 25.3. The molecule has 0 aliphatic rings. The van der Waals surface area contributed by atoms with E-state index in [9.17, 15) is 0 Å². The Morgan fingerprint density at radius 2 is 0.915 bits per heavy atom. The summed E-state index contributed by atoms with van der Waals surface area (Å²) in [6.07, 6.45) is 2.02. The van der Waals surface area contributed by atoms with Gasteiger partial charge < -0.3 is 0 Å². The first kappa shape index (κ1) is 26.9. The van der Waals surface area contributed by atoms with E-state index in [0.29, 0.717) is 5.82 Å². The molecule has 220 valence electrons. The highest BCUT2D eigenvalue weighted by Crippen LogP contribution is 2.34. The molecule has 0 bridgehead atoms. The summed E-state index contributed by atoms with van der Waals surface area (Å²) in [7, 11) is 0. The lowest BCUT2D eigenvalue weighted by Crippen LogP contribution is -1.96. The largest absolute Gasteiger partial charge is 0.284 e. The molecule has 5 nitrogen and oxygen atoms in total. The third-order valence-corrected chi connectivity index (χ3v) is 8.66. The van der Waals surface area contributed by atoms with E-state index in [1.807, 2.05) is 60.8 Å². The molecular weight excluding hydrogens is 574 g/mol. The maximum Gasteiger partial charge on any atom is 0.165 e. The molecule has 5 aromatic carbocycles. The highest BCUT2D eigenvalue weighted by atomic mass is 15.1. The number of hydrogen-bond donors (Lipinski definition) is 0. The van der Waals surface area contributed by atoms with E-state index < -0.39 is 0 Å². The molecule has 0 amide bonds. The van der Waals surface area contributed by atoms with E-state index >= 15 is 0 Å². The van der Waals surface area contributed by atoms with E-state index in [-0.39, 0.29) is 0 Å². The van der Waals surface area contributed by atoms with Gasteiger partial charge in [-0.1, -0.05) is 140 Å². The summed E-state index contributed by atoms with van der Waals surface area (Å²) in [6.45, 7) is 0. The fourth-order valence-corrected chi connectivity index (χ4v) is 6.27. The van der Waals surface area contributed by atoms with E-state index in [2.05, 4.69) is 108 Å². The minimum absolute atomic E-state index is 0.702. The molecule has 0 atom stereocenters. The number of aromatic nitrogens is 5. The van der Waals surface area contributed by atoms with Gasteiger partial charge in [0.1, 0.15) is 11.2 Å².